The van der Waals surface area contributed by atoms with Crippen molar-refractivity contribution >= 4 is 26.9 Å². The number of alkyl halides is 3. The van der Waals surface area contributed by atoms with Crippen LogP contribution >= 0.6 is 0 Å². The summed E-state index contributed by atoms with van der Waals surface area (Å²) in [7, 11) is -5.81. The van der Waals surface area contributed by atoms with Crippen molar-refractivity contribution in [2.45, 2.75) is 24.8 Å². The Hall–Kier alpha value is -2.88. The Kier molecular flexibility index (Phi) is 3.68. The normalized spacial score (nSPS) is 16.0. The van der Waals surface area contributed by atoms with Crippen LogP contribution in [0.3, 0.4) is 0 Å². The van der Waals surface area contributed by atoms with Gasteiger partial charge in [-0.25, -0.2) is 4.98 Å². The van der Waals surface area contributed by atoms with Gasteiger partial charge in [0.1, 0.15) is 11.4 Å². The fraction of sp³-hybridized carbons (Fsp3) is 0.222. The van der Waals surface area contributed by atoms with Crippen LogP contribution in [-0.2, 0) is 15.5 Å². The molecule has 0 unspecified atom stereocenters. The summed E-state index contributed by atoms with van der Waals surface area (Å²) in [4.78, 5) is 20.3. The molecule has 1 aliphatic carbocycles. The lowest BCUT2D eigenvalue weighted by Gasteiger charge is -2.32. The highest BCUT2D eigenvalue weighted by atomic mass is 32.2. The van der Waals surface area contributed by atoms with E-state index in [1.54, 1.807) is 32.2 Å². The molecule has 0 atom stereocenters. The predicted molar refractivity (Wildman–Crippen MR) is 93.7 cm³/mol. The first-order chi connectivity index (χ1) is 12.9. The van der Waals surface area contributed by atoms with E-state index in [4.69, 9.17) is 0 Å². The van der Waals surface area contributed by atoms with E-state index in [2.05, 4.69) is 14.2 Å². The highest BCUT2D eigenvalue weighted by molar-refractivity contribution is 7.88. The fourth-order valence-corrected chi connectivity index (χ4v) is 3.91. The number of ketones is 1. The Morgan fingerprint density at radius 2 is 1.89 bits per heavy atom. The molecule has 1 N–H and O–H groups in total. The van der Waals surface area contributed by atoms with Crippen molar-refractivity contribution in [3.8, 4) is 5.75 Å². The van der Waals surface area contributed by atoms with Crippen LogP contribution in [0, 0.1) is 0 Å². The first-order valence-electron chi connectivity index (χ1n) is 8.10. The zero-order chi connectivity index (χ0) is 20.5. The minimum atomic E-state index is -5.81. The molecule has 6 nitrogen and oxygen atoms in total. The third-order valence-electron chi connectivity index (χ3n) is 4.82. The monoisotopic (exact) mass is 410 g/mol. The van der Waals surface area contributed by atoms with Gasteiger partial charge in [-0.1, -0.05) is 13.8 Å². The van der Waals surface area contributed by atoms with E-state index in [1.807, 2.05) is 0 Å². The number of pyridine rings is 1. The molecular formula is C18H13F3N2O4S. The van der Waals surface area contributed by atoms with E-state index in [-0.39, 0.29) is 11.3 Å². The maximum Gasteiger partial charge on any atom is 0.534 e. The van der Waals surface area contributed by atoms with Crippen molar-refractivity contribution in [2.24, 2.45) is 0 Å². The lowest BCUT2D eigenvalue weighted by atomic mass is 9.71. The first kappa shape index (κ1) is 18.5. The van der Waals surface area contributed by atoms with E-state index in [1.165, 1.54) is 6.07 Å². The Bertz CT molecular complexity index is 1240. The van der Waals surface area contributed by atoms with Crippen molar-refractivity contribution in [3.05, 3.63) is 58.9 Å². The van der Waals surface area contributed by atoms with Crippen LogP contribution in [0.5, 0.6) is 5.75 Å². The average molecular weight is 410 g/mol. The van der Waals surface area contributed by atoms with Crippen molar-refractivity contribution in [2.75, 3.05) is 0 Å². The number of hydrogen-bond acceptors (Lipinski definition) is 5. The summed E-state index contributed by atoms with van der Waals surface area (Å²) >= 11 is 0. The number of rotatable bonds is 2. The maximum atomic E-state index is 13.0. The minimum absolute atomic E-state index is 0.263. The van der Waals surface area contributed by atoms with Crippen LogP contribution < -0.4 is 4.18 Å². The highest BCUT2D eigenvalue weighted by Gasteiger charge is 2.49. The molecule has 28 heavy (non-hydrogen) atoms. The predicted octanol–water partition coefficient (Wildman–Crippen LogP) is 3.66. The van der Waals surface area contributed by atoms with Crippen LogP contribution in [0.2, 0.25) is 0 Å². The number of halogens is 3. The SMILES string of the molecule is CC1(C)c2cc(OS(=O)(=O)C(F)(F)F)ccc2C(=O)c2c1[nH]c1ncccc21. The van der Waals surface area contributed by atoms with E-state index in [0.717, 1.165) is 12.1 Å². The fourth-order valence-electron chi connectivity index (χ4n) is 3.46. The minimum Gasteiger partial charge on any atom is -0.376 e. The van der Waals surface area contributed by atoms with Gasteiger partial charge in [0.2, 0.25) is 0 Å². The lowest BCUT2D eigenvalue weighted by Crippen LogP contribution is -2.31. The van der Waals surface area contributed by atoms with Gasteiger partial charge >= 0.3 is 15.6 Å². The zero-order valence-corrected chi connectivity index (χ0v) is 15.4. The number of nitrogens with one attached hydrogen (secondary N) is 1. The lowest BCUT2D eigenvalue weighted by molar-refractivity contribution is -0.0500. The van der Waals surface area contributed by atoms with Crippen molar-refractivity contribution in [1.82, 2.24) is 9.97 Å². The van der Waals surface area contributed by atoms with Gasteiger partial charge in [0, 0.05) is 28.3 Å². The molecule has 0 spiro atoms. The summed E-state index contributed by atoms with van der Waals surface area (Å²) in [6, 6.07) is 6.92. The molecule has 1 aliphatic rings. The molecule has 0 saturated carbocycles. The third-order valence-corrected chi connectivity index (χ3v) is 5.80. The van der Waals surface area contributed by atoms with Crippen molar-refractivity contribution < 1.29 is 30.6 Å². The molecule has 0 saturated heterocycles. The van der Waals surface area contributed by atoms with E-state index >= 15 is 0 Å². The Morgan fingerprint density at radius 3 is 2.57 bits per heavy atom. The number of benzene rings is 1. The van der Waals surface area contributed by atoms with Gasteiger partial charge in [-0.2, -0.15) is 21.6 Å². The van der Waals surface area contributed by atoms with E-state index in [9.17, 15) is 26.4 Å². The topological polar surface area (TPSA) is 89.1 Å². The van der Waals surface area contributed by atoms with Crippen LogP contribution in [-0.4, -0.2) is 29.7 Å². The number of carbonyl (C=O) groups is 1. The Labute approximate surface area is 157 Å². The van der Waals surface area contributed by atoms with Gasteiger partial charge in [-0.05, 0) is 35.9 Å². The summed E-state index contributed by atoms with van der Waals surface area (Å²) < 4.78 is 64.7. The molecule has 10 heteroatoms. The molecule has 3 aromatic rings. The summed E-state index contributed by atoms with van der Waals surface area (Å²) in [5.74, 6) is -0.844. The number of nitrogens with zero attached hydrogens (tertiary/aromatic N) is 1. The van der Waals surface area contributed by atoms with E-state index < -0.39 is 26.8 Å². The molecular weight excluding hydrogens is 397 g/mol. The van der Waals surface area contributed by atoms with Gasteiger partial charge in [0.25, 0.3) is 0 Å². The second kappa shape index (κ2) is 5.57. The Balaban J connectivity index is 1.88. The largest absolute Gasteiger partial charge is 0.534 e. The highest BCUT2D eigenvalue weighted by Crippen LogP contribution is 2.44. The number of carbonyl (C=O) groups excluding carboxylic acids is 1. The average Bonchev–Trinajstić information content (AvgIpc) is 2.99. The molecule has 2 aromatic heterocycles. The molecule has 0 bridgehead atoms. The van der Waals surface area contributed by atoms with Gasteiger partial charge < -0.3 is 9.17 Å². The number of aromatic nitrogens is 2. The second-order valence-corrected chi connectivity index (χ2v) is 8.46. The quantitative estimate of drug-likeness (QED) is 0.515. The number of fused-ring (bicyclic) bond motifs is 4. The number of hydrogen-bond donors (Lipinski definition) is 1. The van der Waals surface area contributed by atoms with E-state index in [0.29, 0.717) is 27.9 Å². The van der Waals surface area contributed by atoms with Gasteiger partial charge in [0.05, 0.1) is 5.56 Å². The summed E-state index contributed by atoms with van der Waals surface area (Å²) in [5.41, 5.74) is -4.26. The Morgan fingerprint density at radius 1 is 1.18 bits per heavy atom. The first-order valence-corrected chi connectivity index (χ1v) is 9.51. The zero-order valence-electron chi connectivity index (χ0n) is 14.6. The van der Waals surface area contributed by atoms with Crippen LogP contribution in [0.15, 0.2) is 36.5 Å². The van der Waals surface area contributed by atoms with Gasteiger partial charge in [-0.15, -0.1) is 0 Å². The molecule has 0 radical (unpaired) electrons. The van der Waals surface area contributed by atoms with Crippen LogP contribution in [0.4, 0.5) is 13.2 Å². The number of aromatic amines is 1. The third kappa shape index (κ3) is 2.51. The molecule has 4 rings (SSSR count). The maximum absolute atomic E-state index is 13.0. The standard InChI is InChI=1S/C18H13F3N2O4S/c1-17(2)12-8-9(27-28(25,26)18(19,20)21)5-6-10(12)14(24)13-11-4-3-7-22-16(11)23-15(13)17/h3-8H,1-2H3,(H,22,23). The second-order valence-electron chi connectivity index (χ2n) is 6.92. The summed E-state index contributed by atoms with van der Waals surface area (Å²) in [5, 5.41) is 0.640. The molecule has 0 amide bonds. The molecule has 1 aromatic carbocycles. The van der Waals surface area contributed by atoms with Crippen LogP contribution in [0.1, 0.15) is 41.0 Å². The smallest absolute Gasteiger partial charge is 0.376 e. The summed E-state index contributed by atoms with van der Waals surface area (Å²) in [6.45, 7) is 3.54. The van der Waals surface area contributed by atoms with Gasteiger partial charge in [-0.3, -0.25) is 4.79 Å². The summed E-state index contributed by atoms with van der Waals surface area (Å²) in [6.07, 6.45) is 1.57. The molecule has 0 fully saturated rings. The molecule has 0 aliphatic heterocycles. The van der Waals surface area contributed by atoms with Crippen molar-refractivity contribution in [3.63, 3.8) is 0 Å². The number of H-pyrrole nitrogens is 1. The molecule has 146 valence electrons. The van der Waals surface area contributed by atoms with Crippen molar-refractivity contribution in [1.29, 1.82) is 0 Å². The molecule has 2 heterocycles. The van der Waals surface area contributed by atoms with Crippen LogP contribution in [0.25, 0.3) is 11.0 Å². The van der Waals surface area contributed by atoms with Gasteiger partial charge in [0.15, 0.2) is 5.78 Å².